The molecule has 0 spiro atoms. The molecular formula is C15H19ClN2. The van der Waals surface area contributed by atoms with Crippen LogP contribution in [0.5, 0.6) is 0 Å². The normalized spacial score (nSPS) is 12.3. The molecule has 2 aromatic rings. The van der Waals surface area contributed by atoms with Gasteiger partial charge < -0.3 is 0 Å². The lowest BCUT2D eigenvalue weighted by Crippen LogP contribution is -2.42. The van der Waals surface area contributed by atoms with E-state index in [1.807, 2.05) is 12.3 Å². The van der Waals surface area contributed by atoms with E-state index in [1.54, 1.807) is 0 Å². The van der Waals surface area contributed by atoms with Crippen LogP contribution in [0.1, 0.15) is 19.4 Å². The summed E-state index contributed by atoms with van der Waals surface area (Å²) in [5.74, 6) is 0.624. The van der Waals surface area contributed by atoms with Crippen molar-refractivity contribution in [2.45, 2.75) is 25.9 Å². The summed E-state index contributed by atoms with van der Waals surface area (Å²) in [6, 6.07) is 10.5. The molecule has 0 bridgehead atoms. The first kappa shape index (κ1) is 13.3. The van der Waals surface area contributed by atoms with Gasteiger partial charge in [0.05, 0.1) is 5.52 Å². The van der Waals surface area contributed by atoms with E-state index in [1.165, 1.54) is 10.9 Å². The van der Waals surface area contributed by atoms with Crippen LogP contribution >= 0.6 is 11.6 Å². The summed E-state index contributed by atoms with van der Waals surface area (Å²) in [5.41, 5.74) is 2.34. The Kier molecular flexibility index (Phi) is 3.88. The minimum Gasteiger partial charge on any atom is -0.296 e. The van der Waals surface area contributed by atoms with Gasteiger partial charge in [0.25, 0.3) is 0 Å². The first-order valence-corrected chi connectivity index (χ1v) is 6.67. The summed E-state index contributed by atoms with van der Waals surface area (Å²) in [5, 5.41) is 1.19. The first-order valence-electron chi connectivity index (χ1n) is 6.14. The molecule has 2 nitrogen and oxygen atoms in total. The SMILES string of the molecule is CN(Cc1ccc2ncccc2c1)C(C)(C)CCl. The Bertz CT molecular complexity index is 537. The number of nitrogens with zero attached hydrogens (tertiary/aromatic N) is 2. The van der Waals surface area contributed by atoms with Crippen LogP contribution in [0.3, 0.4) is 0 Å². The van der Waals surface area contributed by atoms with Gasteiger partial charge in [0, 0.05) is 29.5 Å². The Labute approximate surface area is 114 Å². The van der Waals surface area contributed by atoms with Crippen LogP contribution in [0, 0.1) is 0 Å². The summed E-state index contributed by atoms with van der Waals surface area (Å²) < 4.78 is 0. The van der Waals surface area contributed by atoms with Crippen LogP contribution in [-0.2, 0) is 6.54 Å². The highest BCUT2D eigenvalue weighted by Gasteiger charge is 2.22. The Balaban J connectivity index is 2.22. The smallest absolute Gasteiger partial charge is 0.0702 e. The van der Waals surface area contributed by atoms with Gasteiger partial charge in [-0.15, -0.1) is 11.6 Å². The lowest BCUT2D eigenvalue weighted by atomic mass is 10.0. The molecule has 0 aliphatic carbocycles. The highest BCUT2D eigenvalue weighted by molar-refractivity contribution is 6.18. The molecule has 0 unspecified atom stereocenters. The van der Waals surface area contributed by atoms with Crippen LogP contribution in [0.25, 0.3) is 10.9 Å². The monoisotopic (exact) mass is 262 g/mol. The maximum Gasteiger partial charge on any atom is 0.0702 e. The molecule has 0 saturated heterocycles. The second-order valence-corrected chi connectivity index (χ2v) is 5.60. The zero-order chi connectivity index (χ0) is 13.2. The Hall–Kier alpha value is -1.12. The number of alkyl halides is 1. The maximum absolute atomic E-state index is 6.00. The molecular weight excluding hydrogens is 244 g/mol. The number of aromatic nitrogens is 1. The number of halogens is 1. The zero-order valence-electron chi connectivity index (χ0n) is 11.2. The van der Waals surface area contributed by atoms with E-state index in [2.05, 4.69) is 55.0 Å². The van der Waals surface area contributed by atoms with Crippen molar-refractivity contribution in [1.29, 1.82) is 0 Å². The molecule has 1 heterocycles. The lowest BCUT2D eigenvalue weighted by molar-refractivity contribution is 0.171. The number of rotatable bonds is 4. The second kappa shape index (κ2) is 5.25. The summed E-state index contributed by atoms with van der Waals surface area (Å²) in [4.78, 5) is 6.61. The average molecular weight is 263 g/mol. The van der Waals surface area contributed by atoms with Crippen LogP contribution in [0.4, 0.5) is 0 Å². The molecule has 1 aromatic carbocycles. The van der Waals surface area contributed by atoms with Crippen molar-refractivity contribution in [2.75, 3.05) is 12.9 Å². The van der Waals surface area contributed by atoms with Gasteiger partial charge in [0.2, 0.25) is 0 Å². The Morgan fingerprint density at radius 3 is 2.78 bits per heavy atom. The molecule has 0 saturated carbocycles. The fraction of sp³-hybridized carbons (Fsp3) is 0.400. The number of fused-ring (bicyclic) bond motifs is 1. The third-order valence-corrected chi connectivity index (χ3v) is 4.10. The maximum atomic E-state index is 6.00. The molecule has 0 atom stereocenters. The third-order valence-electron chi connectivity index (χ3n) is 3.45. The van der Waals surface area contributed by atoms with E-state index >= 15 is 0 Å². The average Bonchev–Trinajstić information content (AvgIpc) is 2.38. The number of hydrogen-bond donors (Lipinski definition) is 0. The van der Waals surface area contributed by atoms with E-state index < -0.39 is 0 Å². The van der Waals surface area contributed by atoms with Crippen molar-refractivity contribution in [3.63, 3.8) is 0 Å². The quantitative estimate of drug-likeness (QED) is 0.782. The fourth-order valence-electron chi connectivity index (χ4n) is 1.81. The number of hydrogen-bond acceptors (Lipinski definition) is 2. The van der Waals surface area contributed by atoms with Crippen LogP contribution < -0.4 is 0 Å². The van der Waals surface area contributed by atoms with Gasteiger partial charge in [-0.25, -0.2) is 0 Å². The highest BCUT2D eigenvalue weighted by atomic mass is 35.5. The summed E-state index contributed by atoms with van der Waals surface area (Å²) in [6.45, 7) is 5.20. The standard InChI is InChI=1S/C15H19ClN2/c1-15(2,11-16)18(3)10-12-6-7-14-13(9-12)5-4-8-17-14/h4-9H,10-11H2,1-3H3. The predicted octanol–water partition coefficient (Wildman–Crippen LogP) is 3.68. The molecule has 0 aliphatic rings. The van der Waals surface area contributed by atoms with E-state index in [9.17, 15) is 0 Å². The van der Waals surface area contributed by atoms with E-state index in [0.29, 0.717) is 5.88 Å². The molecule has 2 rings (SSSR count). The summed E-state index contributed by atoms with van der Waals surface area (Å²) >= 11 is 6.00. The first-order chi connectivity index (χ1) is 8.53. The highest BCUT2D eigenvalue weighted by Crippen LogP contribution is 2.19. The van der Waals surface area contributed by atoms with Gasteiger partial charge in [0.1, 0.15) is 0 Å². The molecule has 96 valence electrons. The van der Waals surface area contributed by atoms with Gasteiger partial charge in [-0.3, -0.25) is 9.88 Å². The minimum atomic E-state index is 0.00541. The van der Waals surface area contributed by atoms with E-state index in [4.69, 9.17) is 11.6 Å². The molecule has 1 aromatic heterocycles. The molecule has 0 aliphatic heterocycles. The Morgan fingerprint density at radius 1 is 1.28 bits per heavy atom. The summed E-state index contributed by atoms with van der Waals surface area (Å²) in [6.07, 6.45) is 1.82. The molecule has 0 amide bonds. The van der Waals surface area contributed by atoms with Crippen LogP contribution in [-0.4, -0.2) is 28.4 Å². The van der Waals surface area contributed by atoms with Crippen molar-refractivity contribution in [1.82, 2.24) is 9.88 Å². The van der Waals surface area contributed by atoms with Gasteiger partial charge in [0.15, 0.2) is 0 Å². The molecule has 3 heteroatoms. The third kappa shape index (κ3) is 2.82. The lowest BCUT2D eigenvalue weighted by Gasteiger charge is -2.33. The molecule has 18 heavy (non-hydrogen) atoms. The van der Waals surface area contributed by atoms with Gasteiger partial charge in [-0.05, 0) is 44.7 Å². The molecule has 0 radical (unpaired) electrons. The van der Waals surface area contributed by atoms with Crippen molar-refractivity contribution >= 4 is 22.5 Å². The summed E-state index contributed by atoms with van der Waals surface area (Å²) in [7, 11) is 2.11. The van der Waals surface area contributed by atoms with Gasteiger partial charge in [-0.2, -0.15) is 0 Å². The van der Waals surface area contributed by atoms with Crippen LogP contribution in [0.15, 0.2) is 36.5 Å². The second-order valence-electron chi connectivity index (χ2n) is 5.33. The topological polar surface area (TPSA) is 16.1 Å². The molecule has 0 N–H and O–H groups in total. The Morgan fingerprint density at radius 2 is 2.06 bits per heavy atom. The molecule has 0 fully saturated rings. The largest absolute Gasteiger partial charge is 0.296 e. The van der Waals surface area contributed by atoms with Crippen LogP contribution in [0.2, 0.25) is 0 Å². The van der Waals surface area contributed by atoms with Crippen molar-refractivity contribution in [3.8, 4) is 0 Å². The number of pyridine rings is 1. The van der Waals surface area contributed by atoms with E-state index in [-0.39, 0.29) is 5.54 Å². The van der Waals surface area contributed by atoms with Gasteiger partial charge >= 0.3 is 0 Å². The van der Waals surface area contributed by atoms with Crippen molar-refractivity contribution < 1.29 is 0 Å². The van der Waals surface area contributed by atoms with E-state index in [0.717, 1.165) is 12.1 Å². The van der Waals surface area contributed by atoms with Crippen molar-refractivity contribution in [2.24, 2.45) is 0 Å². The number of benzene rings is 1. The zero-order valence-corrected chi connectivity index (χ0v) is 11.9. The predicted molar refractivity (Wildman–Crippen MR) is 78.0 cm³/mol. The van der Waals surface area contributed by atoms with Crippen molar-refractivity contribution in [3.05, 3.63) is 42.1 Å². The fourth-order valence-corrected chi connectivity index (χ4v) is 2.02. The van der Waals surface area contributed by atoms with Gasteiger partial charge in [-0.1, -0.05) is 12.1 Å². The minimum absolute atomic E-state index is 0.00541.